The lowest BCUT2D eigenvalue weighted by molar-refractivity contribution is -0.140. The highest BCUT2D eigenvalue weighted by molar-refractivity contribution is 5.88. The van der Waals surface area contributed by atoms with Gasteiger partial charge in [0.1, 0.15) is 0 Å². The number of alkyl halides is 5. The molecule has 17 heavy (non-hydrogen) atoms. The molecule has 0 atom stereocenters. The quantitative estimate of drug-likeness (QED) is 0.796. The third-order valence-corrected chi connectivity index (χ3v) is 1.85. The van der Waals surface area contributed by atoms with Crippen LogP contribution in [-0.2, 0) is 6.18 Å². The number of nitrogen functional groups attached to an aromatic ring is 1. The minimum absolute atomic E-state index is 0.459. The highest BCUT2D eigenvalue weighted by Crippen LogP contribution is 2.40. The normalized spacial score (nSPS) is 11.9. The number of carboxylic acids is 1. The van der Waals surface area contributed by atoms with E-state index in [0.717, 1.165) is 0 Å². The Labute approximate surface area is 90.9 Å². The Morgan fingerprint density at radius 2 is 1.94 bits per heavy atom. The van der Waals surface area contributed by atoms with E-state index in [9.17, 15) is 26.7 Å². The molecule has 0 aliphatic rings. The third kappa shape index (κ3) is 2.43. The summed E-state index contributed by atoms with van der Waals surface area (Å²) in [6.45, 7) is 0. The van der Waals surface area contributed by atoms with Crippen LogP contribution in [0, 0.1) is 0 Å². The molecule has 9 heteroatoms. The summed E-state index contributed by atoms with van der Waals surface area (Å²) in [5.74, 6) is -2.06. The zero-order chi connectivity index (χ0) is 13.4. The smallest absolute Gasteiger partial charge is 0.419 e. The number of aromatic nitrogens is 1. The number of nitrogens with zero attached hydrogens (tertiary/aromatic N) is 1. The topological polar surface area (TPSA) is 76.2 Å². The van der Waals surface area contributed by atoms with Crippen LogP contribution < -0.4 is 5.73 Å². The van der Waals surface area contributed by atoms with Crippen LogP contribution in [0.5, 0.6) is 0 Å². The number of hydrogen-bond acceptors (Lipinski definition) is 3. The summed E-state index contributed by atoms with van der Waals surface area (Å²) >= 11 is 0. The summed E-state index contributed by atoms with van der Waals surface area (Å²) in [5.41, 5.74) is -1.03. The van der Waals surface area contributed by atoms with Crippen molar-refractivity contribution in [2.75, 3.05) is 5.73 Å². The molecule has 0 saturated carbocycles. The van der Waals surface area contributed by atoms with Gasteiger partial charge in [0.2, 0.25) is 0 Å². The van der Waals surface area contributed by atoms with Crippen molar-refractivity contribution < 1.29 is 31.9 Å². The number of anilines is 1. The second-order valence-electron chi connectivity index (χ2n) is 2.95. The van der Waals surface area contributed by atoms with Crippen molar-refractivity contribution in [3.8, 4) is 0 Å². The van der Waals surface area contributed by atoms with Gasteiger partial charge in [-0.25, -0.2) is 18.6 Å². The molecule has 0 spiro atoms. The zero-order valence-corrected chi connectivity index (χ0v) is 7.92. The molecule has 0 aromatic carbocycles. The fourth-order valence-electron chi connectivity index (χ4n) is 1.22. The van der Waals surface area contributed by atoms with Gasteiger partial charge in [0.25, 0.3) is 6.43 Å². The van der Waals surface area contributed by atoms with Crippen molar-refractivity contribution in [2.45, 2.75) is 12.6 Å². The number of aromatic carboxylic acids is 1. The average Bonchev–Trinajstić information content (AvgIpc) is 2.14. The van der Waals surface area contributed by atoms with Crippen LogP contribution in [0.1, 0.15) is 28.0 Å². The van der Waals surface area contributed by atoms with Crippen LogP contribution in [0.2, 0.25) is 0 Å². The van der Waals surface area contributed by atoms with Crippen LogP contribution >= 0.6 is 0 Å². The van der Waals surface area contributed by atoms with Gasteiger partial charge in [0.15, 0.2) is 5.69 Å². The molecule has 0 aliphatic carbocycles. The molecule has 1 aromatic rings. The number of carbonyl (C=O) groups is 1. The number of rotatable bonds is 2. The standard InChI is InChI=1S/C8H5F5N2O2/c9-6(10)3-2(14)1-15-5(7(16)17)4(3)8(11,12)13/h1,6H,14H2,(H,16,17). The molecular formula is C8H5F5N2O2. The Bertz CT molecular complexity index is 458. The van der Waals surface area contributed by atoms with E-state index in [1.54, 1.807) is 0 Å². The SMILES string of the molecule is Nc1cnc(C(=O)O)c(C(F)(F)F)c1C(F)F. The highest BCUT2D eigenvalue weighted by atomic mass is 19.4. The van der Waals surface area contributed by atoms with Gasteiger partial charge in [0, 0.05) is 0 Å². The summed E-state index contributed by atoms with van der Waals surface area (Å²) < 4.78 is 62.5. The molecular weight excluding hydrogens is 251 g/mol. The number of carboxylic acid groups (broad SMARTS) is 1. The van der Waals surface area contributed by atoms with Crippen molar-refractivity contribution in [3.05, 3.63) is 23.0 Å². The second kappa shape index (κ2) is 4.15. The van der Waals surface area contributed by atoms with E-state index in [2.05, 4.69) is 4.98 Å². The third-order valence-electron chi connectivity index (χ3n) is 1.85. The number of pyridine rings is 1. The Kier molecular flexibility index (Phi) is 3.21. The molecule has 1 aromatic heterocycles. The summed E-state index contributed by atoms with van der Waals surface area (Å²) in [4.78, 5) is 13.4. The first-order chi connectivity index (χ1) is 7.66. The Morgan fingerprint density at radius 3 is 2.29 bits per heavy atom. The van der Waals surface area contributed by atoms with Crippen molar-refractivity contribution in [1.82, 2.24) is 4.98 Å². The first-order valence-electron chi connectivity index (χ1n) is 4.03. The van der Waals surface area contributed by atoms with Crippen molar-refractivity contribution in [1.29, 1.82) is 0 Å². The average molecular weight is 256 g/mol. The lowest BCUT2D eigenvalue weighted by Crippen LogP contribution is -2.19. The predicted octanol–water partition coefficient (Wildman–Crippen LogP) is 2.32. The van der Waals surface area contributed by atoms with E-state index in [1.165, 1.54) is 0 Å². The Morgan fingerprint density at radius 1 is 1.41 bits per heavy atom. The lowest BCUT2D eigenvalue weighted by atomic mass is 10.0. The maximum absolute atomic E-state index is 12.5. The zero-order valence-electron chi connectivity index (χ0n) is 7.92. The molecule has 0 unspecified atom stereocenters. The van der Waals surface area contributed by atoms with Crippen molar-refractivity contribution in [3.63, 3.8) is 0 Å². The monoisotopic (exact) mass is 256 g/mol. The Balaban J connectivity index is 3.68. The van der Waals surface area contributed by atoms with Gasteiger partial charge in [-0.15, -0.1) is 0 Å². The van der Waals surface area contributed by atoms with E-state index in [0.29, 0.717) is 6.20 Å². The molecule has 94 valence electrons. The summed E-state index contributed by atoms with van der Waals surface area (Å²) in [6, 6.07) is 0. The van der Waals surface area contributed by atoms with Crippen LogP contribution in [0.3, 0.4) is 0 Å². The maximum atomic E-state index is 12.5. The first kappa shape index (κ1) is 13.1. The van der Waals surface area contributed by atoms with E-state index in [4.69, 9.17) is 10.8 Å². The molecule has 1 heterocycles. The van der Waals surface area contributed by atoms with Gasteiger partial charge in [0.05, 0.1) is 23.0 Å². The highest BCUT2D eigenvalue weighted by Gasteiger charge is 2.42. The maximum Gasteiger partial charge on any atom is 0.419 e. The van der Waals surface area contributed by atoms with Crippen LogP contribution in [0.25, 0.3) is 0 Å². The minimum atomic E-state index is -5.28. The fraction of sp³-hybridized carbons (Fsp3) is 0.250. The second-order valence-corrected chi connectivity index (χ2v) is 2.95. The number of halogens is 5. The van der Waals surface area contributed by atoms with Gasteiger partial charge in [-0.05, 0) is 0 Å². The lowest BCUT2D eigenvalue weighted by Gasteiger charge is -2.15. The summed E-state index contributed by atoms with van der Waals surface area (Å²) in [5, 5.41) is 8.48. The molecule has 4 nitrogen and oxygen atoms in total. The number of nitrogens with two attached hydrogens (primary N) is 1. The van der Waals surface area contributed by atoms with Crippen molar-refractivity contribution >= 4 is 11.7 Å². The molecule has 0 amide bonds. The van der Waals surface area contributed by atoms with Gasteiger partial charge < -0.3 is 10.8 Å². The minimum Gasteiger partial charge on any atom is -0.476 e. The molecule has 1 rings (SSSR count). The summed E-state index contributed by atoms with van der Waals surface area (Å²) in [7, 11) is 0. The van der Waals surface area contributed by atoms with Gasteiger partial charge in [-0.2, -0.15) is 13.2 Å². The van der Waals surface area contributed by atoms with Crippen LogP contribution in [0.4, 0.5) is 27.6 Å². The van der Waals surface area contributed by atoms with E-state index in [1.807, 2.05) is 0 Å². The molecule has 0 bridgehead atoms. The molecule has 3 N–H and O–H groups in total. The molecule has 0 saturated heterocycles. The fourth-order valence-corrected chi connectivity index (χ4v) is 1.22. The van der Waals surface area contributed by atoms with E-state index < -0.39 is 41.1 Å². The first-order valence-corrected chi connectivity index (χ1v) is 4.03. The van der Waals surface area contributed by atoms with Gasteiger partial charge in [-0.1, -0.05) is 0 Å². The molecule has 0 radical (unpaired) electrons. The van der Waals surface area contributed by atoms with Gasteiger partial charge >= 0.3 is 12.1 Å². The predicted molar refractivity (Wildman–Crippen MR) is 45.6 cm³/mol. The molecule has 0 fully saturated rings. The Hall–Kier alpha value is -1.93. The van der Waals surface area contributed by atoms with Crippen molar-refractivity contribution in [2.24, 2.45) is 0 Å². The summed E-state index contributed by atoms with van der Waals surface area (Å²) in [6.07, 6.45) is -8.37. The van der Waals surface area contributed by atoms with E-state index >= 15 is 0 Å². The number of hydrogen-bond donors (Lipinski definition) is 2. The van der Waals surface area contributed by atoms with Crippen LogP contribution in [0.15, 0.2) is 6.20 Å². The van der Waals surface area contributed by atoms with Crippen LogP contribution in [-0.4, -0.2) is 16.1 Å². The van der Waals surface area contributed by atoms with Gasteiger partial charge in [-0.3, -0.25) is 0 Å². The van der Waals surface area contributed by atoms with E-state index in [-0.39, 0.29) is 0 Å². The molecule has 0 aliphatic heterocycles. The largest absolute Gasteiger partial charge is 0.476 e.